The number of rotatable bonds is 3. The molecule has 0 bridgehead atoms. The largest absolute Gasteiger partial charge is 0.398 e. The fraction of sp³-hybridized carbons (Fsp3) is 0.333. The zero-order valence-electron chi connectivity index (χ0n) is 14.1. The molecular weight excluding hydrogens is 334 g/mol. The van der Waals surface area contributed by atoms with Crippen LogP contribution in [0.1, 0.15) is 19.3 Å². The van der Waals surface area contributed by atoms with Gasteiger partial charge in [0.25, 0.3) is 5.91 Å². The summed E-state index contributed by atoms with van der Waals surface area (Å²) in [6, 6.07) is 7.30. The molecule has 1 aromatic carbocycles. The number of nitrogen functional groups attached to an aromatic ring is 1. The average molecular weight is 353 g/mol. The predicted octanol–water partition coefficient (Wildman–Crippen LogP) is 1.40. The van der Waals surface area contributed by atoms with Gasteiger partial charge in [-0.15, -0.1) is 0 Å². The maximum Gasteiger partial charge on any atom is 0.255 e. The van der Waals surface area contributed by atoms with E-state index in [0.29, 0.717) is 42.5 Å². The lowest BCUT2D eigenvalue weighted by Crippen LogP contribution is -2.29. The number of nitrogens with two attached hydrogens (primary N) is 1. The highest BCUT2D eigenvalue weighted by atomic mass is 16.3. The summed E-state index contributed by atoms with van der Waals surface area (Å²) in [6.45, 7) is 0.454. The molecule has 2 aromatic rings. The molecule has 8 heteroatoms. The molecule has 1 aliphatic heterocycles. The number of aliphatic hydroxyl groups is 1. The molecule has 26 heavy (non-hydrogen) atoms. The molecule has 8 nitrogen and oxygen atoms in total. The molecule has 1 saturated heterocycles. The van der Waals surface area contributed by atoms with Crippen LogP contribution in [-0.4, -0.2) is 35.1 Å². The minimum atomic E-state index is -0.952. The summed E-state index contributed by atoms with van der Waals surface area (Å²) in [5.41, 5.74) is 7.12. The van der Waals surface area contributed by atoms with E-state index in [4.69, 9.17) is 11.0 Å². The van der Waals surface area contributed by atoms with Crippen LogP contribution in [0.4, 0.5) is 17.2 Å². The predicted molar refractivity (Wildman–Crippen MR) is 97.2 cm³/mol. The molecule has 2 amide bonds. The Morgan fingerprint density at radius 1 is 1.35 bits per heavy atom. The number of hydrogen-bond acceptors (Lipinski definition) is 6. The normalized spacial score (nSPS) is 18.8. The first-order valence-electron chi connectivity index (χ1n) is 8.32. The first-order chi connectivity index (χ1) is 12.5. The second-order valence-electron chi connectivity index (χ2n) is 6.29. The van der Waals surface area contributed by atoms with Crippen molar-refractivity contribution in [2.75, 3.05) is 22.5 Å². The Bertz CT molecular complexity index is 888. The van der Waals surface area contributed by atoms with E-state index < -0.39 is 6.10 Å². The summed E-state index contributed by atoms with van der Waals surface area (Å²) in [4.78, 5) is 27.9. The Hall–Kier alpha value is -3.18. The summed E-state index contributed by atoms with van der Waals surface area (Å²) < 4.78 is 0. The van der Waals surface area contributed by atoms with Crippen molar-refractivity contribution in [3.8, 4) is 6.07 Å². The number of fused-ring (bicyclic) bond motifs is 1. The van der Waals surface area contributed by atoms with Crippen LogP contribution in [0.25, 0.3) is 10.8 Å². The number of hydrogen-bond donors (Lipinski definition) is 3. The monoisotopic (exact) mass is 353 g/mol. The van der Waals surface area contributed by atoms with E-state index in [-0.39, 0.29) is 5.91 Å². The summed E-state index contributed by atoms with van der Waals surface area (Å²) in [7, 11) is 0. The third-order valence-corrected chi connectivity index (χ3v) is 4.31. The number of nitriles is 1. The van der Waals surface area contributed by atoms with Crippen LogP contribution in [0.2, 0.25) is 0 Å². The Kier molecular flexibility index (Phi) is 5.00. The van der Waals surface area contributed by atoms with Gasteiger partial charge >= 0.3 is 0 Å². The Balaban J connectivity index is 0.000000339. The van der Waals surface area contributed by atoms with Crippen LogP contribution in [0.5, 0.6) is 0 Å². The van der Waals surface area contributed by atoms with E-state index in [1.807, 2.05) is 0 Å². The zero-order valence-corrected chi connectivity index (χ0v) is 14.1. The lowest BCUT2D eigenvalue weighted by molar-refractivity contribution is -0.124. The number of amides is 2. The molecule has 2 heterocycles. The topological polar surface area (TPSA) is 132 Å². The van der Waals surface area contributed by atoms with E-state index in [1.54, 1.807) is 24.4 Å². The van der Waals surface area contributed by atoms with Crippen LogP contribution >= 0.6 is 0 Å². The summed E-state index contributed by atoms with van der Waals surface area (Å²) >= 11 is 0. The van der Waals surface area contributed by atoms with E-state index in [2.05, 4.69) is 16.4 Å². The van der Waals surface area contributed by atoms with Crippen molar-refractivity contribution in [3.63, 3.8) is 0 Å². The van der Waals surface area contributed by atoms with Crippen molar-refractivity contribution in [3.05, 3.63) is 24.4 Å². The van der Waals surface area contributed by atoms with Gasteiger partial charge in [-0.1, -0.05) is 0 Å². The minimum absolute atomic E-state index is 0.325. The minimum Gasteiger partial charge on any atom is -0.398 e. The first kappa shape index (κ1) is 17.6. The molecule has 134 valence electrons. The third-order valence-electron chi connectivity index (χ3n) is 4.31. The zero-order chi connectivity index (χ0) is 18.7. The fourth-order valence-corrected chi connectivity index (χ4v) is 2.70. The number of nitrogens with zero attached hydrogens (tertiary/aromatic N) is 3. The molecule has 1 unspecified atom stereocenters. The van der Waals surface area contributed by atoms with Gasteiger partial charge in [-0.3, -0.25) is 9.59 Å². The molecule has 1 aromatic heterocycles. The summed E-state index contributed by atoms with van der Waals surface area (Å²) in [5, 5.41) is 21.5. The van der Waals surface area contributed by atoms with E-state index in [1.165, 1.54) is 4.90 Å². The maximum atomic E-state index is 11.9. The van der Waals surface area contributed by atoms with Gasteiger partial charge in [0.05, 0.1) is 6.07 Å². The number of nitrogens with one attached hydrogen (secondary N) is 1. The molecule has 0 radical (unpaired) electrons. The third kappa shape index (κ3) is 3.73. The SMILES string of the molecule is N#CC1CC1.Nc1cc(N2CCC(O)C2=O)cc2cc(NC=O)ncc12. The van der Waals surface area contributed by atoms with Crippen LogP contribution in [-0.2, 0) is 9.59 Å². The van der Waals surface area contributed by atoms with Gasteiger partial charge in [0, 0.05) is 41.8 Å². The fourth-order valence-electron chi connectivity index (χ4n) is 2.70. The smallest absolute Gasteiger partial charge is 0.255 e. The highest BCUT2D eigenvalue weighted by Gasteiger charge is 2.31. The van der Waals surface area contributed by atoms with E-state index >= 15 is 0 Å². The van der Waals surface area contributed by atoms with Gasteiger partial charge in [-0.05, 0) is 36.4 Å². The Labute approximate surface area is 150 Å². The molecule has 2 fully saturated rings. The van der Waals surface area contributed by atoms with Gasteiger partial charge in [-0.2, -0.15) is 5.26 Å². The maximum absolute atomic E-state index is 11.9. The van der Waals surface area contributed by atoms with Gasteiger partial charge in [0.2, 0.25) is 6.41 Å². The first-order valence-corrected chi connectivity index (χ1v) is 8.32. The number of carbonyl (C=O) groups is 2. The summed E-state index contributed by atoms with van der Waals surface area (Å²) in [6.07, 6.45) is 3.87. The van der Waals surface area contributed by atoms with Crippen molar-refractivity contribution in [2.24, 2.45) is 5.92 Å². The van der Waals surface area contributed by atoms with Crippen molar-refractivity contribution < 1.29 is 14.7 Å². The van der Waals surface area contributed by atoms with Crippen molar-refractivity contribution in [2.45, 2.75) is 25.4 Å². The molecule has 2 aliphatic rings. The lowest BCUT2D eigenvalue weighted by atomic mass is 10.1. The number of pyridine rings is 1. The van der Waals surface area contributed by atoms with Gasteiger partial charge in [-0.25, -0.2) is 4.98 Å². The molecule has 0 spiro atoms. The Morgan fingerprint density at radius 3 is 2.65 bits per heavy atom. The van der Waals surface area contributed by atoms with Crippen molar-refractivity contribution in [1.82, 2.24) is 4.98 Å². The lowest BCUT2D eigenvalue weighted by Gasteiger charge is -2.17. The van der Waals surface area contributed by atoms with Crippen LogP contribution in [0.15, 0.2) is 24.4 Å². The second-order valence-corrected chi connectivity index (χ2v) is 6.29. The standard InChI is InChI=1S/C14H14N4O3.C4H5N/c15-11-5-9(18-2-1-12(20)14(18)21)3-8-4-13(17-7-19)16-6-10(8)11;5-3-4-1-2-4/h3-7,12,20H,1-2,15H2,(H,16,17,19);4H,1-2H2. The second kappa shape index (κ2) is 7.37. The highest BCUT2D eigenvalue weighted by molar-refractivity contribution is 6.03. The van der Waals surface area contributed by atoms with Crippen LogP contribution < -0.4 is 16.0 Å². The van der Waals surface area contributed by atoms with Crippen molar-refractivity contribution >= 4 is 40.3 Å². The molecule has 4 N–H and O–H groups in total. The van der Waals surface area contributed by atoms with Crippen LogP contribution in [0.3, 0.4) is 0 Å². The van der Waals surface area contributed by atoms with Gasteiger partial charge in [0.1, 0.15) is 11.9 Å². The molecule has 1 aliphatic carbocycles. The summed E-state index contributed by atoms with van der Waals surface area (Å²) in [5.74, 6) is 0.519. The molecule has 1 atom stereocenters. The molecule has 4 rings (SSSR count). The van der Waals surface area contributed by atoms with Gasteiger partial charge in [0.15, 0.2) is 0 Å². The number of benzene rings is 1. The number of anilines is 3. The highest BCUT2D eigenvalue weighted by Crippen LogP contribution is 2.31. The molecular formula is C18H19N5O3. The van der Waals surface area contributed by atoms with Crippen LogP contribution in [0, 0.1) is 17.2 Å². The Morgan fingerprint density at radius 2 is 2.12 bits per heavy atom. The number of aromatic nitrogens is 1. The number of aliphatic hydroxyl groups excluding tert-OH is 1. The van der Waals surface area contributed by atoms with E-state index in [9.17, 15) is 14.7 Å². The van der Waals surface area contributed by atoms with Gasteiger partial charge < -0.3 is 21.1 Å². The quantitative estimate of drug-likeness (QED) is 0.564. The van der Waals surface area contributed by atoms with E-state index in [0.717, 1.165) is 23.6 Å². The average Bonchev–Trinajstić information content (AvgIpc) is 3.41. The molecule has 1 saturated carbocycles. The number of carbonyl (C=O) groups excluding carboxylic acids is 2. The van der Waals surface area contributed by atoms with Crippen molar-refractivity contribution in [1.29, 1.82) is 5.26 Å².